The van der Waals surface area contributed by atoms with Gasteiger partial charge in [0, 0.05) is 24.3 Å². The van der Waals surface area contributed by atoms with Crippen LogP contribution in [-0.4, -0.2) is 45.6 Å². The lowest BCUT2D eigenvalue weighted by Crippen LogP contribution is -2.53. The van der Waals surface area contributed by atoms with Crippen LogP contribution < -0.4 is 5.32 Å². The van der Waals surface area contributed by atoms with Gasteiger partial charge in [0.25, 0.3) is 0 Å². The van der Waals surface area contributed by atoms with Crippen LogP contribution in [0.15, 0.2) is 24.4 Å². The normalized spacial score (nSPS) is 31.5. The zero-order valence-electron chi connectivity index (χ0n) is 13.3. The number of carbonyl (C=O) groups excluding carboxylic acids is 1. The molecule has 3 heterocycles. The van der Waals surface area contributed by atoms with Crippen molar-refractivity contribution in [2.45, 2.75) is 63.3 Å². The Hall–Kier alpha value is -1.46. The van der Waals surface area contributed by atoms with Crippen LogP contribution in [0.25, 0.3) is 0 Å². The monoisotopic (exact) mass is 303 g/mol. The molecule has 1 aromatic rings. The SMILES string of the molecule is CC(C)NC(=O)CN1C2CCC1CC(O)(c1ccccn1)C2. The Morgan fingerprint density at radius 2 is 2.09 bits per heavy atom. The Morgan fingerprint density at radius 3 is 2.64 bits per heavy atom. The van der Waals surface area contributed by atoms with Crippen molar-refractivity contribution in [3.8, 4) is 0 Å². The molecule has 2 aliphatic heterocycles. The van der Waals surface area contributed by atoms with Crippen LogP contribution in [-0.2, 0) is 10.4 Å². The number of amides is 1. The Bertz CT molecular complexity index is 518. The fraction of sp³-hybridized carbons (Fsp3) is 0.647. The maximum Gasteiger partial charge on any atom is 0.234 e. The highest BCUT2D eigenvalue weighted by atomic mass is 16.3. The molecule has 5 nitrogen and oxygen atoms in total. The lowest BCUT2D eigenvalue weighted by atomic mass is 9.83. The van der Waals surface area contributed by atoms with E-state index >= 15 is 0 Å². The standard InChI is InChI=1S/C17H25N3O2/c1-12(2)19-16(21)11-20-13-6-7-14(20)10-17(22,9-13)15-5-3-4-8-18-15/h3-5,8,12-14,22H,6-7,9-11H2,1-2H3,(H,19,21). The number of fused-ring (bicyclic) bond motifs is 2. The smallest absolute Gasteiger partial charge is 0.234 e. The number of piperidine rings is 1. The molecule has 2 atom stereocenters. The van der Waals surface area contributed by atoms with Gasteiger partial charge < -0.3 is 10.4 Å². The van der Waals surface area contributed by atoms with Gasteiger partial charge in [0.15, 0.2) is 0 Å². The molecule has 0 saturated carbocycles. The van der Waals surface area contributed by atoms with E-state index in [0.717, 1.165) is 18.5 Å². The first-order valence-electron chi connectivity index (χ1n) is 8.17. The molecule has 2 bridgehead atoms. The summed E-state index contributed by atoms with van der Waals surface area (Å²) in [5.41, 5.74) is -0.0869. The largest absolute Gasteiger partial charge is 0.383 e. The molecule has 2 saturated heterocycles. The van der Waals surface area contributed by atoms with Gasteiger partial charge in [-0.25, -0.2) is 0 Å². The van der Waals surface area contributed by atoms with Crippen molar-refractivity contribution >= 4 is 5.91 Å². The average molecular weight is 303 g/mol. The van der Waals surface area contributed by atoms with Crippen LogP contribution >= 0.6 is 0 Å². The van der Waals surface area contributed by atoms with Gasteiger partial charge in [0.05, 0.1) is 12.2 Å². The number of hydrogen-bond acceptors (Lipinski definition) is 4. The highest BCUT2D eigenvalue weighted by Gasteiger charge is 2.49. The molecule has 2 unspecified atom stereocenters. The molecule has 2 aliphatic rings. The van der Waals surface area contributed by atoms with Crippen molar-refractivity contribution in [2.75, 3.05) is 6.54 Å². The van der Waals surface area contributed by atoms with Crippen LogP contribution in [0, 0.1) is 0 Å². The van der Waals surface area contributed by atoms with Gasteiger partial charge in [-0.2, -0.15) is 0 Å². The Morgan fingerprint density at radius 1 is 1.41 bits per heavy atom. The summed E-state index contributed by atoms with van der Waals surface area (Å²) in [5, 5.41) is 14.0. The zero-order valence-corrected chi connectivity index (χ0v) is 13.3. The molecule has 0 radical (unpaired) electrons. The van der Waals surface area contributed by atoms with Gasteiger partial charge in [0.1, 0.15) is 5.60 Å². The summed E-state index contributed by atoms with van der Waals surface area (Å²) in [6, 6.07) is 6.39. The molecule has 0 aromatic carbocycles. The number of nitrogens with one attached hydrogen (secondary N) is 1. The van der Waals surface area contributed by atoms with Gasteiger partial charge in [-0.05, 0) is 51.7 Å². The van der Waals surface area contributed by atoms with Crippen LogP contribution in [0.2, 0.25) is 0 Å². The van der Waals surface area contributed by atoms with Crippen molar-refractivity contribution in [3.63, 3.8) is 0 Å². The van der Waals surface area contributed by atoms with Crippen LogP contribution in [0.5, 0.6) is 0 Å². The summed E-state index contributed by atoms with van der Waals surface area (Å²) < 4.78 is 0. The van der Waals surface area contributed by atoms with Gasteiger partial charge in [-0.1, -0.05) is 6.07 Å². The van der Waals surface area contributed by atoms with Crippen LogP contribution in [0.1, 0.15) is 45.2 Å². The Balaban J connectivity index is 1.70. The predicted molar refractivity (Wildman–Crippen MR) is 84.2 cm³/mol. The maximum absolute atomic E-state index is 12.0. The second kappa shape index (κ2) is 5.97. The van der Waals surface area contributed by atoms with Crippen molar-refractivity contribution in [3.05, 3.63) is 30.1 Å². The van der Waals surface area contributed by atoms with E-state index in [4.69, 9.17) is 0 Å². The number of nitrogens with zero attached hydrogens (tertiary/aromatic N) is 2. The van der Waals surface area contributed by atoms with E-state index in [1.54, 1.807) is 6.20 Å². The van der Waals surface area contributed by atoms with Crippen LogP contribution in [0.3, 0.4) is 0 Å². The summed E-state index contributed by atoms with van der Waals surface area (Å²) >= 11 is 0. The number of pyridine rings is 1. The summed E-state index contributed by atoms with van der Waals surface area (Å²) in [5.74, 6) is 0.0789. The first-order valence-corrected chi connectivity index (χ1v) is 8.17. The van der Waals surface area contributed by atoms with Crippen molar-refractivity contribution < 1.29 is 9.90 Å². The minimum Gasteiger partial charge on any atom is -0.383 e. The first kappa shape index (κ1) is 15.4. The van der Waals surface area contributed by atoms with Crippen molar-refractivity contribution in [1.29, 1.82) is 0 Å². The van der Waals surface area contributed by atoms with E-state index in [9.17, 15) is 9.90 Å². The quantitative estimate of drug-likeness (QED) is 0.883. The molecule has 5 heteroatoms. The second-order valence-electron chi connectivity index (χ2n) is 6.93. The minimum atomic E-state index is -0.849. The molecule has 2 fully saturated rings. The topological polar surface area (TPSA) is 65.5 Å². The number of carbonyl (C=O) groups is 1. The van der Waals surface area contributed by atoms with Gasteiger partial charge in [-0.3, -0.25) is 14.7 Å². The molecule has 2 N–H and O–H groups in total. The zero-order chi connectivity index (χ0) is 15.7. The number of hydrogen-bond donors (Lipinski definition) is 2. The minimum absolute atomic E-state index is 0.0789. The molecular weight excluding hydrogens is 278 g/mol. The van der Waals surface area contributed by atoms with E-state index in [1.807, 2.05) is 32.0 Å². The number of rotatable bonds is 4. The summed E-state index contributed by atoms with van der Waals surface area (Å²) in [7, 11) is 0. The summed E-state index contributed by atoms with van der Waals surface area (Å²) in [4.78, 5) is 18.7. The fourth-order valence-corrected chi connectivity index (χ4v) is 3.95. The summed E-state index contributed by atoms with van der Waals surface area (Å²) in [6.07, 6.45) is 5.16. The number of aromatic nitrogens is 1. The second-order valence-corrected chi connectivity index (χ2v) is 6.93. The van der Waals surface area contributed by atoms with E-state index in [2.05, 4.69) is 15.2 Å². The molecule has 22 heavy (non-hydrogen) atoms. The van der Waals surface area contributed by atoms with E-state index in [0.29, 0.717) is 19.4 Å². The molecular formula is C17H25N3O2. The molecule has 1 aromatic heterocycles. The van der Waals surface area contributed by atoms with E-state index < -0.39 is 5.60 Å². The third kappa shape index (κ3) is 3.01. The van der Waals surface area contributed by atoms with Gasteiger partial charge in [0.2, 0.25) is 5.91 Å². The van der Waals surface area contributed by atoms with Gasteiger partial charge in [-0.15, -0.1) is 0 Å². The van der Waals surface area contributed by atoms with E-state index in [1.165, 1.54) is 0 Å². The highest BCUT2D eigenvalue weighted by Crippen LogP contribution is 2.44. The lowest BCUT2D eigenvalue weighted by molar-refractivity contribution is -0.126. The highest BCUT2D eigenvalue weighted by molar-refractivity contribution is 5.78. The first-order chi connectivity index (χ1) is 10.5. The average Bonchev–Trinajstić information content (AvgIpc) is 2.71. The fourth-order valence-electron chi connectivity index (χ4n) is 3.95. The molecule has 120 valence electrons. The van der Waals surface area contributed by atoms with Crippen molar-refractivity contribution in [1.82, 2.24) is 15.2 Å². The van der Waals surface area contributed by atoms with Crippen LogP contribution in [0.4, 0.5) is 0 Å². The Kier molecular flexibility index (Phi) is 4.19. The van der Waals surface area contributed by atoms with Crippen molar-refractivity contribution in [2.24, 2.45) is 0 Å². The predicted octanol–water partition coefficient (Wildman–Crippen LogP) is 1.42. The third-order valence-electron chi connectivity index (χ3n) is 4.84. The van der Waals surface area contributed by atoms with E-state index in [-0.39, 0.29) is 24.0 Å². The molecule has 0 aliphatic carbocycles. The third-order valence-corrected chi connectivity index (χ3v) is 4.84. The Labute approximate surface area is 131 Å². The lowest BCUT2D eigenvalue weighted by Gasteiger charge is -2.43. The maximum atomic E-state index is 12.0. The molecule has 0 spiro atoms. The summed E-state index contributed by atoms with van der Waals surface area (Å²) in [6.45, 7) is 4.39. The van der Waals surface area contributed by atoms with Gasteiger partial charge >= 0.3 is 0 Å². The molecule has 1 amide bonds. The number of aliphatic hydroxyl groups is 1. The molecule has 3 rings (SSSR count).